The second-order valence-corrected chi connectivity index (χ2v) is 2.53. The Bertz CT molecular complexity index is 338. The third kappa shape index (κ3) is 2.63. The van der Waals surface area contributed by atoms with Gasteiger partial charge >= 0.3 is 0 Å². The van der Waals surface area contributed by atoms with E-state index in [2.05, 4.69) is 16.7 Å². The van der Waals surface area contributed by atoms with Crippen molar-refractivity contribution in [1.82, 2.24) is 0 Å². The molecule has 0 saturated heterocycles. The number of aliphatic imine (C=N–C) groups is 2. The molecule has 66 valence electrons. The molecule has 0 saturated carbocycles. The normalized spacial score (nSPS) is 11.0. The van der Waals surface area contributed by atoms with E-state index in [-0.39, 0.29) is 5.84 Å². The quantitative estimate of drug-likeness (QED) is 0.499. The largest absolute Gasteiger partial charge is 0.282 e. The predicted octanol–water partition coefficient (Wildman–Crippen LogP) is 2.13. The topological polar surface area (TPSA) is 48.6 Å². The van der Waals surface area contributed by atoms with Crippen LogP contribution in [0.2, 0.25) is 0 Å². The van der Waals surface area contributed by atoms with E-state index in [1.54, 1.807) is 6.92 Å². The first kappa shape index (κ1) is 9.32. The predicted molar refractivity (Wildman–Crippen MR) is 55.9 cm³/mol. The van der Waals surface area contributed by atoms with Gasteiger partial charge in [0.1, 0.15) is 5.84 Å². The summed E-state index contributed by atoms with van der Waals surface area (Å²) in [6, 6.07) is 9.32. The molecule has 0 fully saturated rings. The van der Waals surface area contributed by atoms with Gasteiger partial charge < -0.3 is 0 Å². The van der Waals surface area contributed by atoms with Crippen molar-refractivity contribution in [3.05, 3.63) is 35.9 Å². The van der Waals surface area contributed by atoms with E-state index in [9.17, 15) is 0 Å². The van der Waals surface area contributed by atoms with Crippen molar-refractivity contribution in [1.29, 1.82) is 5.41 Å². The number of rotatable bonds is 1. The highest BCUT2D eigenvalue weighted by Gasteiger charge is 1.97. The van der Waals surface area contributed by atoms with Crippen LogP contribution >= 0.6 is 0 Å². The van der Waals surface area contributed by atoms with E-state index in [0.717, 1.165) is 5.56 Å². The minimum absolute atomic E-state index is 0.213. The van der Waals surface area contributed by atoms with Crippen molar-refractivity contribution in [3.63, 3.8) is 0 Å². The van der Waals surface area contributed by atoms with E-state index in [0.29, 0.717) is 5.84 Å². The van der Waals surface area contributed by atoms with Gasteiger partial charge in [0.2, 0.25) is 0 Å². The molecule has 0 radical (unpaired) electrons. The molecular weight excluding hydrogens is 162 g/mol. The molecule has 0 atom stereocenters. The Morgan fingerprint density at radius 1 is 1.31 bits per heavy atom. The van der Waals surface area contributed by atoms with Gasteiger partial charge in [-0.2, -0.15) is 0 Å². The van der Waals surface area contributed by atoms with Crippen LogP contribution in [0.15, 0.2) is 40.3 Å². The number of hydrogen-bond donors (Lipinski definition) is 1. The Labute approximate surface area is 77.4 Å². The smallest absolute Gasteiger partial charge is 0.153 e. The molecule has 0 spiro atoms. The van der Waals surface area contributed by atoms with Crippen LogP contribution in [0.4, 0.5) is 0 Å². The minimum Gasteiger partial charge on any atom is -0.282 e. The second-order valence-electron chi connectivity index (χ2n) is 2.53. The monoisotopic (exact) mass is 173 g/mol. The number of hydrogen-bond acceptors (Lipinski definition) is 1. The lowest BCUT2D eigenvalue weighted by molar-refractivity contribution is 1.40. The third-order valence-corrected chi connectivity index (χ3v) is 1.55. The molecule has 0 unspecified atom stereocenters. The first-order valence-electron chi connectivity index (χ1n) is 3.90. The highest BCUT2D eigenvalue weighted by molar-refractivity contribution is 6.04. The first-order chi connectivity index (χ1) is 6.24. The molecule has 0 heterocycles. The van der Waals surface area contributed by atoms with Gasteiger partial charge in [-0.25, -0.2) is 9.98 Å². The molecule has 13 heavy (non-hydrogen) atoms. The van der Waals surface area contributed by atoms with E-state index >= 15 is 0 Å². The summed E-state index contributed by atoms with van der Waals surface area (Å²) in [7, 11) is 0. The molecule has 1 aromatic rings. The summed E-state index contributed by atoms with van der Waals surface area (Å²) in [5.41, 5.74) is 0.783. The highest BCUT2D eigenvalue weighted by atomic mass is 14.9. The van der Waals surface area contributed by atoms with Gasteiger partial charge in [-0.3, -0.25) is 5.41 Å². The lowest BCUT2D eigenvalue weighted by atomic mass is 10.2. The Morgan fingerprint density at radius 2 is 1.92 bits per heavy atom. The maximum atomic E-state index is 7.59. The van der Waals surface area contributed by atoms with Crippen LogP contribution in [0.1, 0.15) is 12.5 Å². The van der Waals surface area contributed by atoms with Crippen LogP contribution in [-0.4, -0.2) is 18.4 Å². The zero-order valence-electron chi connectivity index (χ0n) is 7.49. The molecule has 0 amide bonds. The second kappa shape index (κ2) is 4.30. The van der Waals surface area contributed by atoms with Crippen LogP contribution in [0.5, 0.6) is 0 Å². The summed E-state index contributed by atoms with van der Waals surface area (Å²) in [5.74, 6) is 0.722. The molecular formula is C10H11N3. The summed E-state index contributed by atoms with van der Waals surface area (Å²) in [4.78, 5) is 7.55. The number of benzene rings is 1. The Kier molecular flexibility index (Phi) is 3.09. The summed E-state index contributed by atoms with van der Waals surface area (Å²) < 4.78 is 0. The molecule has 3 heteroatoms. The molecule has 0 bridgehead atoms. The number of amidine groups is 2. The van der Waals surface area contributed by atoms with Crippen molar-refractivity contribution < 1.29 is 0 Å². The summed E-state index contributed by atoms with van der Waals surface area (Å²) in [5, 5.41) is 7.59. The number of nitrogens with one attached hydrogen (secondary N) is 1. The lowest BCUT2D eigenvalue weighted by Gasteiger charge is -1.97. The Balaban J connectivity index is 2.87. The van der Waals surface area contributed by atoms with E-state index in [1.165, 1.54) is 0 Å². The van der Waals surface area contributed by atoms with Crippen LogP contribution < -0.4 is 0 Å². The fourth-order valence-corrected chi connectivity index (χ4v) is 0.858. The van der Waals surface area contributed by atoms with Crippen molar-refractivity contribution in [2.24, 2.45) is 9.98 Å². The summed E-state index contributed by atoms with van der Waals surface area (Å²) >= 11 is 0. The van der Waals surface area contributed by atoms with Crippen LogP contribution in [0.3, 0.4) is 0 Å². The van der Waals surface area contributed by atoms with Crippen molar-refractivity contribution in [2.75, 3.05) is 0 Å². The van der Waals surface area contributed by atoms with Gasteiger partial charge in [0, 0.05) is 5.56 Å². The molecule has 0 aliphatic heterocycles. The van der Waals surface area contributed by atoms with E-state index in [1.807, 2.05) is 30.3 Å². The van der Waals surface area contributed by atoms with Gasteiger partial charge in [-0.15, -0.1) is 0 Å². The average molecular weight is 173 g/mol. The zero-order chi connectivity index (χ0) is 9.68. The maximum absolute atomic E-state index is 7.59. The van der Waals surface area contributed by atoms with Crippen molar-refractivity contribution >= 4 is 18.4 Å². The first-order valence-corrected chi connectivity index (χ1v) is 3.90. The van der Waals surface area contributed by atoms with Crippen LogP contribution in [-0.2, 0) is 0 Å². The van der Waals surface area contributed by atoms with Crippen LogP contribution in [0, 0.1) is 5.41 Å². The number of nitrogens with zero attached hydrogens (tertiary/aromatic N) is 2. The fraction of sp³-hybridized carbons (Fsp3) is 0.100. The summed E-state index contributed by atoms with van der Waals surface area (Å²) in [6.07, 6.45) is 0. The fourth-order valence-electron chi connectivity index (χ4n) is 0.858. The van der Waals surface area contributed by atoms with Gasteiger partial charge in [-0.05, 0) is 13.6 Å². The molecule has 0 aliphatic carbocycles. The standard InChI is InChI=1S/C10H11N3/c1-8(12-2)13-10(11)9-6-4-3-5-7-9/h3-7,11H,2H2,1H3/b11-10?,13-8-. The minimum atomic E-state index is 0.213. The van der Waals surface area contributed by atoms with Gasteiger partial charge in [0.15, 0.2) is 5.84 Å². The van der Waals surface area contributed by atoms with E-state index in [4.69, 9.17) is 5.41 Å². The Hall–Kier alpha value is -1.77. The molecule has 0 aliphatic rings. The van der Waals surface area contributed by atoms with Gasteiger partial charge in [0.05, 0.1) is 0 Å². The highest BCUT2D eigenvalue weighted by Crippen LogP contribution is 2.00. The molecule has 3 nitrogen and oxygen atoms in total. The van der Waals surface area contributed by atoms with Crippen molar-refractivity contribution in [2.45, 2.75) is 6.92 Å². The summed E-state index contributed by atoms with van der Waals surface area (Å²) in [6.45, 7) is 5.04. The van der Waals surface area contributed by atoms with Gasteiger partial charge in [0.25, 0.3) is 0 Å². The lowest BCUT2D eigenvalue weighted by Crippen LogP contribution is -1.97. The Morgan fingerprint density at radius 3 is 2.46 bits per heavy atom. The van der Waals surface area contributed by atoms with Gasteiger partial charge in [-0.1, -0.05) is 30.3 Å². The van der Waals surface area contributed by atoms with Crippen molar-refractivity contribution in [3.8, 4) is 0 Å². The SMILES string of the molecule is C=N/C(C)=N\C(=N)c1ccccc1. The zero-order valence-corrected chi connectivity index (χ0v) is 7.49. The molecule has 1 rings (SSSR count). The molecule has 0 aromatic heterocycles. The third-order valence-electron chi connectivity index (χ3n) is 1.55. The maximum Gasteiger partial charge on any atom is 0.153 e. The average Bonchev–Trinajstić information content (AvgIpc) is 2.19. The van der Waals surface area contributed by atoms with E-state index < -0.39 is 0 Å². The molecule has 1 aromatic carbocycles. The van der Waals surface area contributed by atoms with Crippen LogP contribution in [0.25, 0.3) is 0 Å². The molecule has 1 N–H and O–H groups in total.